The molecule has 1 aromatic rings. The number of allylic oxidation sites excluding steroid dienone is 1. The van der Waals surface area contributed by atoms with E-state index in [0.29, 0.717) is 18.8 Å². The molecule has 0 saturated carbocycles. The molecule has 1 aliphatic heterocycles. The molecule has 1 aliphatic carbocycles. The molecule has 2 aliphatic rings. The van der Waals surface area contributed by atoms with E-state index in [9.17, 15) is 9.59 Å². The number of fused-ring (bicyclic) bond motifs is 1. The largest absolute Gasteiger partial charge is 0.484 e. The molecule has 1 heterocycles. The molecule has 3 rings (SSSR count). The van der Waals surface area contributed by atoms with Gasteiger partial charge in [0.15, 0.2) is 0 Å². The Kier molecular flexibility index (Phi) is 5.06. The van der Waals surface area contributed by atoms with Crippen LogP contribution in [0.1, 0.15) is 62.6 Å². The van der Waals surface area contributed by atoms with Gasteiger partial charge in [-0.15, -0.1) is 0 Å². The zero-order valence-corrected chi connectivity index (χ0v) is 15.9. The van der Waals surface area contributed by atoms with Crippen molar-refractivity contribution in [1.29, 1.82) is 0 Å². The van der Waals surface area contributed by atoms with Crippen LogP contribution in [-0.2, 0) is 27.2 Å². The minimum absolute atomic E-state index is 0.172. The predicted molar refractivity (Wildman–Crippen MR) is 101 cm³/mol. The second kappa shape index (κ2) is 7.13. The van der Waals surface area contributed by atoms with Gasteiger partial charge in [0, 0.05) is 12.3 Å². The SMILES string of the molecule is C=C=C(OC(C)(C)C)C1CCc2cc(C3CCC(=O)NC3=O)ccc2C1. The lowest BCUT2D eigenvalue weighted by molar-refractivity contribution is -0.134. The second-order valence-electron chi connectivity index (χ2n) is 8.23. The van der Waals surface area contributed by atoms with Crippen LogP contribution >= 0.6 is 0 Å². The van der Waals surface area contributed by atoms with Crippen LogP contribution in [0.4, 0.5) is 0 Å². The lowest BCUT2D eigenvalue weighted by Gasteiger charge is -2.31. The quantitative estimate of drug-likeness (QED) is 0.511. The van der Waals surface area contributed by atoms with Crippen molar-refractivity contribution in [3.63, 3.8) is 0 Å². The molecule has 4 heteroatoms. The summed E-state index contributed by atoms with van der Waals surface area (Å²) in [5.74, 6) is 0.571. The molecule has 1 fully saturated rings. The third kappa shape index (κ3) is 4.08. The van der Waals surface area contributed by atoms with Crippen molar-refractivity contribution in [2.75, 3.05) is 0 Å². The maximum Gasteiger partial charge on any atom is 0.234 e. The van der Waals surface area contributed by atoms with Crippen molar-refractivity contribution in [3.05, 3.63) is 53.0 Å². The molecule has 2 amide bonds. The molecule has 1 saturated heterocycles. The van der Waals surface area contributed by atoms with Crippen LogP contribution in [0, 0.1) is 5.92 Å². The third-order valence-electron chi connectivity index (χ3n) is 5.06. The van der Waals surface area contributed by atoms with Crippen LogP contribution in [0.5, 0.6) is 0 Å². The molecule has 138 valence electrons. The summed E-state index contributed by atoms with van der Waals surface area (Å²) in [4.78, 5) is 23.5. The van der Waals surface area contributed by atoms with Crippen molar-refractivity contribution >= 4 is 11.8 Å². The monoisotopic (exact) mass is 353 g/mol. The number of rotatable bonds is 3. The summed E-state index contributed by atoms with van der Waals surface area (Å²) in [6, 6.07) is 6.30. The third-order valence-corrected chi connectivity index (χ3v) is 5.06. The maximum atomic E-state index is 12.1. The van der Waals surface area contributed by atoms with Crippen molar-refractivity contribution in [1.82, 2.24) is 5.32 Å². The summed E-state index contributed by atoms with van der Waals surface area (Å²) in [7, 11) is 0. The first kappa shape index (κ1) is 18.5. The van der Waals surface area contributed by atoms with Crippen molar-refractivity contribution in [2.45, 2.75) is 64.4 Å². The first-order chi connectivity index (χ1) is 12.3. The molecule has 2 atom stereocenters. The minimum atomic E-state index is -0.254. The van der Waals surface area contributed by atoms with Crippen molar-refractivity contribution in [3.8, 4) is 0 Å². The summed E-state index contributed by atoms with van der Waals surface area (Å²) >= 11 is 0. The van der Waals surface area contributed by atoms with Crippen LogP contribution in [-0.4, -0.2) is 17.4 Å². The Bertz CT molecular complexity index is 781. The zero-order valence-electron chi connectivity index (χ0n) is 15.9. The summed E-state index contributed by atoms with van der Waals surface area (Å²) in [6.07, 6.45) is 3.83. The highest BCUT2D eigenvalue weighted by Crippen LogP contribution is 2.34. The smallest absolute Gasteiger partial charge is 0.234 e. The minimum Gasteiger partial charge on any atom is -0.484 e. The predicted octanol–water partition coefficient (Wildman–Crippen LogP) is 3.80. The molecule has 4 nitrogen and oxygen atoms in total. The molecular formula is C22H27NO3. The first-order valence-corrected chi connectivity index (χ1v) is 9.31. The van der Waals surface area contributed by atoms with Gasteiger partial charge in [0.05, 0.1) is 5.92 Å². The van der Waals surface area contributed by atoms with E-state index in [1.807, 2.05) is 26.8 Å². The Hall–Kier alpha value is -2.32. The number of hydrogen-bond acceptors (Lipinski definition) is 3. The summed E-state index contributed by atoms with van der Waals surface area (Å²) in [5, 5.41) is 2.45. The molecule has 1 aromatic carbocycles. The van der Waals surface area contributed by atoms with Gasteiger partial charge >= 0.3 is 0 Å². The van der Waals surface area contributed by atoms with Gasteiger partial charge in [-0.25, -0.2) is 0 Å². The highest BCUT2D eigenvalue weighted by atomic mass is 16.5. The lowest BCUT2D eigenvalue weighted by atomic mass is 9.80. The van der Waals surface area contributed by atoms with Crippen molar-refractivity contribution in [2.24, 2.45) is 5.92 Å². The summed E-state index contributed by atoms with van der Waals surface area (Å²) in [6.45, 7) is 9.91. The number of nitrogens with one attached hydrogen (secondary N) is 1. The highest BCUT2D eigenvalue weighted by molar-refractivity contribution is 6.00. The molecule has 0 aromatic heterocycles. The number of ether oxygens (including phenoxy) is 1. The van der Waals surface area contributed by atoms with Gasteiger partial charge in [-0.2, -0.15) is 0 Å². The molecular weight excluding hydrogens is 326 g/mol. The van der Waals surface area contributed by atoms with Gasteiger partial charge in [-0.05, 0) is 63.1 Å². The normalized spacial score (nSPS) is 22.9. The number of aryl methyl sites for hydroxylation is 1. The van der Waals surface area contributed by atoms with E-state index in [1.165, 1.54) is 11.1 Å². The van der Waals surface area contributed by atoms with E-state index in [4.69, 9.17) is 4.74 Å². The number of imide groups is 1. The molecule has 0 radical (unpaired) electrons. The van der Waals surface area contributed by atoms with Gasteiger partial charge < -0.3 is 4.74 Å². The number of amides is 2. The zero-order chi connectivity index (χ0) is 18.9. The fourth-order valence-electron chi connectivity index (χ4n) is 3.82. The van der Waals surface area contributed by atoms with E-state index >= 15 is 0 Å². The van der Waals surface area contributed by atoms with E-state index < -0.39 is 0 Å². The van der Waals surface area contributed by atoms with E-state index in [-0.39, 0.29) is 23.3 Å². The molecule has 1 N–H and O–H groups in total. The second-order valence-corrected chi connectivity index (χ2v) is 8.23. The van der Waals surface area contributed by atoms with Crippen LogP contribution in [0.15, 0.2) is 36.3 Å². The Morgan fingerprint density at radius 2 is 1.96 bits per heavy atom. The summed E-state index contributed by atoms with van der Waals surface area (Å²) < 4.78 is 6.04. The summed E-state index contributed by atoms with van der Waals surface area (Å²) in [5.41, 5.74) is 6.34. The lowest BCUT2D eigenvalue weighted by Crippen LogP contribution is -2.39. The number of carbonyl (C=O) groups is 2. The fourth-order valence-corrected chi connectivity index (χ4v) is 3.82. The van der Waals surface area contributed by atoms with Crippen LogP contribution < -0.4 is 5.32 Å². The Balaban J connectivity index is 1.76. The standard InChI is InChI=1S/C22H27NO3/c1-5-19(26-22(2,3)4)17-9-7-14-12-16(8-6-15(14)13-17)18-10-11-20(24)23-21(18)25/h6,8,12,17-18H,1,7,9-11,13H2,2-4H3,(H,23,24,25). The topological polar surface area (TPSA) is 55.4 Å². The highest BCUT2D eigenvalue weighted by Gasteiger charge is 2.30. The molecule has 26 heavy (non-hydrogen) atoms. The fraction of sp³-hybridized carbons (Fsp3) is 0.500. The maximum absolute atomic E-state index is 12.1. The van der Waals surface area contributed by atoms with E-state index in [2.05, 4.69) is 29.8 Å². The van der Waals surface area contributed by atoms with Gasteiger partial charge in [-0.1, -0.05) is 30.5 Å². The number of piperidine rings is 1. The Morgan fingerprint density at radius 3 is 2.62 bits per heavy atom. The van der Waals surface area contributed by atoms with Crippen LogP contribution in [0.3, 0.4) is 0 Å². The van der Waals surface area contributed by atoms with Crippen LogP contribution in [0.2, 0.25) is 0 Å². The van der Waals surface area contributed by atoms with E-state index in [1.54, 1.807) is 0 Å². The Morgan fingerprint density at radius 1 is 1.19 bits per heavy atom. The molecule has 2 unspecified atom stereocenters. The Labute approximate surface area is 155 Å². The average molecular weight is 353 g/mol. The van der Waals surface area contributed by atoms with Gasteiger partial charge in [0.25, 0.3) is 0 Å². The van der Waals surface area contributed by atoms with Crippen LogP contribution in [0.25, 0.3) is 0 Å². The average Bonchev–Trinajstić information content (AvgIpc) is 2.58. The van der Waals surface area contributed by atoms with Crippen molar-refractivity contribution < 1.29 is 14.3 Å². The van der Waals surface area contributed by atoms with Gasteiger partial charge in [0.1, 0.15) is 11.4 Å². The number of hydrogen-bond donors (Lipinski definition) is 1. The van der Waals surface area contributed by atoms with E-state index in [0.717, 1.165) is 30.6 Å². The molecule has 0 spiro atoms. The first-order valence-electron chi connectivity index (χ1n) is 9.31. The number of benzene rings is 1. The molecule has 0 bridgehead atoms. The number of carbonyl (C=O) groups excluding carboxylic acids is 2. The van der Waals surface area contributed by atoms with Gasteiger partial charge in [-0.3, -0.25) is 14.9 Å². The van der Waals surface area contributed by atoms with Gasteiger partial charge in [0.2, 0.25) is 11.8 Å².